The Morgan fingerprint density at radius 2 is 2.25 bits per heavy atom. The molecule has 0 saturated heterocycles. The lowest BCUT2D eigenvalue weighted by molar-refractivity contribution is 0.243. The van der Waals surface area contributed by atoms with Crippen LogP contribution in [0.5, 0.6) is 0 Å². The van der Waals surface area contributed by atoms with Crippen LogP contribution in [0.3, 0.4) is 0 Å². The second kappa shape index (κ2) is 8.75. The Morgan fingerprint density at radius 1 is 1.50 bits per heavy atom. The van der Waals surface area contributed by atoms with Gasteiger partial charge < -0.3 is 10.4 Å². The Morgan fingerprint density at radius 3 is 2.75 bits per heavy atom. The van der Waals surface area contributed by atoms with Crippen LogP contribution in [0.25, 0.3) is 0 Å². The van der Waals surface area contributed by atoms with Crippen LogP contribution in [0.2, 0.25) is 0 Å². The van der Waals surface area contributed by atoms with Crippen LogP contribution in [0, 0.1) is 0 Å². The molecule has 0 heterocycles. The van der Waals surface area contributed by atoms with Crippen LogP contribution in [0.4, 0.5) is 0 Å². The highest BCUT2D eigenvalue weighted by Crippen LogP contribution is 1.95. The van der Waals surface area contributed by atoms with Crippen LogP contribution in [0.15, 0.2) is 12.7 Å². The first-order valence-corrected chi connectivity index (χ1v) is 4.80. The Hall–Kier alpha value is -0.340. The Kier molecular flexibility index (Phi) is 8.51. The summed E-state index contributed by atoms with van der Waals surface area (Å²) in [7, 11) is 0. The number of hydrogen-bond donors (Lipinski definition) is 2. The van der Waals surface area contributed by atoms with Crippen molar-refractivity contribution < 1.29 is 5.11 Å². The lowest BCUT2D eigenvalue weighted by atomic mass is 10.2. The number of unbranched alkanes of at least 4 members (excludes halogenated alkanes) is 2. The minimum atomic E-state index is 0.206. The summed E-state index contributed by atoms with van der Waals surface area (Å²) in [5.41, 5.74) is 0. The molecule has 0 aliphatic rings. The highest BCUT2D eigenvalue weighted by molar-refractivity contribution is 4.77. The molecular formula is C10H21NO. The molecule has 2 heteroatoms. The molecule has 0 aromatic carbocycles. The number of rotatable bonds is 8. The minimum absolute atomic E-state index is 0.206. The van der Waals surface area contributed by atoms with Crippen LogP contribution < -0.4 is 5.32 Å². The van der Waals surface area contributed by atoms with Gasteiger partial charge in [-0.3, -0.25) is 0 Å². The quantitative estimate of drug-likeness (QED) is 0.430. The number of aliphatic hydroxyl groups is 1. The van der Waals surface area contributed by atoms with Crippen LogP contribution in [0.1, 0.15) is 32.6 Å². The molecule has 1 unspecified atom stereocenters. The van der Waals surface area contributed by atoms with E-state index in [0.29, 0.717) is 0 Å². The zero-order valence-electron chi connectivity index (χ0n) is 8.05. The van der Waals surface area contributed by atoms with Gasteiger partial charge in [0, 0.05) is 6.04 Å². The molecule has 0 saturated carbocycles. The SMILES string of the molecule is C=CCC(CO)NCCCCC. The molecule has 2 N–H and O–H groups in total. The molecule has 0 aliphatic heterocycles. The zero-order chi connectivity index (χ0) is 9.23. The van der Waals surface area contributed by atoms with Gasteiger partial charge in [-0.05, 0) is 19.4 Å². The maximum atomic E-state index is 8.90. The summed E-state index contributed by atoms with van der Waals surface area (Å²) in [6.07, 6.45) is 6.40. The lowest BCUT2D eigenvalue weighted by Gasteiger charge is -2.13. The predicted octanol–water partition coefficient (Wildman–Crippen LogP) is 1.70. The number of aliphatic hydroxyl groups excluding tert-OH is 1. The minimum Gasteiger partial charge on any atom is -0.395 e. The first-order chi connectivity index (χ1) is 5.85. The van der Waals surface area contributed by atoms with Gasteiger partial charge in [-0.2, -0.15) is 0 Å². The van der Waals surface area contributed by atoms with Crippen molar-refractivity contribution in [3.05, 3.63) is 12.7 Å². The van der Waals surface area contributed by atoms with E-state index in [1.165, 1.54) is 19.3 Å². The molecule has 0 fully saturated rings. The standard InChI is InChI=1S/C10H21NO/c1-3-5-6-8-11-10(9-12)7-4-2/h4,10-12H,2-3,5-9H2,1H3. The van der Waals surface area contributed by atoms with E-state index in [4.69, 9.17) is 5.11 Å². The Bertz CT molecular complexity index is 104. The number of nitrogens with one attached hydrogen (secondary N) is 1. The molecule has 2 nitrogen and oxygen atoms in total. The summed E-state index contributed by atoms with van der Waals surface area (Å²) in [4.78, 5) is 0. The van der Waals surface area contributed by atoms with E-state index in [9.17, 15) is 0 Å². The van der Waals surface area contributed by atoms with Gasteiger partial charge in [0.2, 0.25) is 0 Å². The van der Waals surface area contributed by atoms with E-state index in [-0.39, 0.29) is 12.6 Å². The van der Waals surface area contributed by atoms with Crippen molar-refractivity contribution >= 4 is 0 Å². The largest absolute Gasteiger partial charge is 0.395 e. The molecule has 0 spiro atoms. The van der Waals surface area contributed by atoms with Gasteiger partial charge in [-0.15, -0.1) is 6.58 Å². The zero-order valence-corrected chi connectivity index (χ0v) is 8.05. The molecule has 1 atom stereocenters. The maximum absolute atomic E-state index is 8.90. The monoisotopic (exact) mass is 171 g/mol. The fourth-order valence-corrected chi connectivity index (χ4v) is 1.10. The molecule has 0 aromatic rings. The predicted molar refractivity (Wildman–Crippen MR) is 53.2 cm³/mol. The van der Waals surface area contributed by atoms with Gasteiger partial charge in [0.1, 0.15) is 0 Å². The highest BCUT2D eigenvalue weighted by Gasteiger charge is 2.01. The van der Waals surface area contributed by atoms with Crippen molar-refractivity contribution in [2.75, 3.05) is 13.2 Å². The smallest absolute Gasteiger partial charge is 0.0587 e. The highest BCUT2D eigenvalue weighted by atomic mass is 16.3. The fourth-order valence-electron chi connectivity index (χ4n) is 1.10. The van der Waals surface area contributed by atoms with E-state index in [1.54, 1.807) is 0 Å². The van der Waals surface area contributed by atoms with E-state index in [1.807, 2.05) is 6.08 Å². The van der Waals surface area contributed by atoms with Gasteiger partial charge in [-0.25, -0.2) is 0 Å². The van der Waals surface area contributed by atoms with Crippen molar-refractivity contribution in [2.24, 2.45) is 0 Å². The normalized spacial score (nSPS) is 12.8. The lowest BCUT2D eigenvalue weighted by Crippen LogP contribution is -2.32. The molecular weight excluding hydrogens is 150 g/mol. The van der Waals surface area contributed by atoms with Gasteiger partial charge in [0.05, 0.1) is 6.61 Å². The molecule has 0 aliphatic carbocycles. The van der Waals surface area contributed by atoms with Gasteiger partial charge in [0.25, 0.3) is 0 Å². The number of hydrogen-bond acceptors (Lipinski definition) is 2. The molecule has 0 rings (SSSR count). The second-order valence-electron chi connectivity index (χ2n) is 3.07. The Balaban J connectivity index is 3.25. The summed E-state index contributed by atoms with van der Waals surface area (Å²) in [5.74, 6) is 0. The molecule has 0 radical (unpaired) electrons. The molecule has 72 valence electrons. The maximum Gasteiger partial charge on any atom is 0.0587 e. The molecule has 0 bridgehead atoms. The third kappa shape index (κ3) is 6.38. The Labute approximate surface area is 75.7 Å². The summed E-state index contributed by atoms with van der Waals surface area (Å²) in [6, 6.07) is 0.208. The third-order valence-corrected chi connectivity index (χ3v) is 1.88. The topological polar surface area (TPSA) is 32.3 Å². The average Bonchev–Trinajstić information content (AvgIpc) is 2.10. The van der Waals surface area contributed by atoms with E-state index >= 15 is 0 Å². The van der Waals surface area contributed by atoms with E-state index in [0.717, 1.165) is 13.0 Å². The summed E-state index contributed by atoms with van der Waals surface area (Å²) in [5, 5.41) is 12.2. The van der Waals surface area contributed by atoms with Crippen molar-refractivity contribution in [1.82, 2.24) is 5.32 Å². The van der Waals surface area contributed by atoms with E-state index < -0.39 is 0 Å². The van der Waals surface area contributed by atoms with Gasteiger partial charge >= 0.3 is 0 Å². The molecule has 0 amide bonds. The molecule has 12 heavy (non-hydrogen) atoms. The van der Waals surface area contributed by atoms with Crippen molar-refractivity contribution in [2.45, 2.75) is 38.6 Å². The fraction of sp³-hybridized carbons (Fsp3) is 0.800. The van der Waals surface area contributed by atoms with Crippen molar-refractivity contribution in [3.63, 3.8) is 0 Å². The summed E-state index contributed by atoms with van der Waals surface area (Å²) in [6.45, 7) is 7.04. The van der Waals surface area contributed by atoms with Crippen molar-refractivity contribution in [3.8, 4) is 0 Å². The average molecular weight is 171 g/mol. The first kappa shape index (κ1) is 11.7. The van der Waals surface area contributed by atoms with E-state index in [2.05, 4.69) is 18.8 Å². The summed E-state index contributed by atoms with van der Waals surface area (Å²) < 4.78 is 0. The van der Waals surface area contributed by atoms with Gasteiger partial charge in [0.15, 0.2) is 0 Å². The van der Waals surface area contributed by atoms with Crippen molar-refractivity contribution in [1.29, 1.82) is 0 Å². The van der Waals surface area contributed by atoms with Crippen LogP contribution in [-0.2, 0) is 0 Å². The van der Waals surface area contributed by atoms with Crippen LogP contribution >= 0.6 is 0 Å². The third-order valence-electron chi connectivity index (χ3n) is 1.88. The van der Waals surface area contributed by atoms with Gasteiger partial charge in [-0.1, -0.05) is 25.8 Å². The summed E-state index contributed by atoms with van der Waals surface area (Å²) >= 11 is 0. The second-order valence-corrected chi connectivity index (χ2v) is 3.07. The first-order valence-electron chi connectivity index (χ1n) is 4.80. The van der Waals surface area contributed by atoms with Crippen LogP contribution in [-0.4, -0.2) is 24.3 Å². The molecule has 0 aromatic heterocycles.